The molecule has 1 unspecified atom stereocenters. The van der Waals surface area contributed by atoms with Crippen molar-refractivity contribution in [2.45, 2.75) is 53.5 Å². The highest BCUT2D eigenvalue weighted by Gasteiger charge is 2.22. The Morgan fingerprint density at radius 1 is 1.19 bits per heavy atom. The van der Waals surface area contributed by atoms with Gasteiger partial charge in [-0.25, -0.2) is 4.79 Å². The molecule has 0 aromatic heterocycles. The smallest absolute Gasteiger partial charge is 0.315 e. The van der Waals surface area contributed by atoms with Gasteiger partial charge >= 0.3 is 12.0 Å². The molecule has 0 aliphatic rings. The number of nitrogens with one attached hydrogen (secondary N) is 2. The number of carboxylic acid groups (broad SMARTS) is 1. The van der Waals surface area contributed by atoms with Gasteiger partial charge in [0.05, 0.1) is 6.42 Å². The van der Waals surface area contributed by atoms with Crippen molar-refractivity contribution in [2.24, 2.45) is 5.41 Å². The van der Waals surface area contributed by atoms with E-state index in [2.05, 4.69) is 29.4 Å². The number of urea groups is 1. The molecule has 2 amide bonds. The minimum absolute atomic E-state index is 0.0331. The van der Waals surface area contributed by atoms with Crippen molar-refractivity contribution in [3.63, 3.8) is 0 Å². The summed E-state index contributed by atoms with van der Waals surface area (Å²) in [6.45, 7) is 13.5. The summed E-state index contributed by atoms with van der Waals surface area (Å²) in [5, 5.41) is 14.5. The minimum Gasteiger partial charge on any atom is -0.481 e. The lowest BCUT2D eigenvalue weighted by atomic mass is 9.87. The predicted octanol–water partition coefficient (Wildman–Crippen LogP) is 1.91. The molecule has 0 aliphatic carbocycles. The van der Waals surface area contributed by atoms with Gasteiger partial charge in [0, 0.05) is 19.1 Å². The summed E-state index contributed by atoms with van der Waals surface area (Å²) >= 11 is 0. The molecule has 0 saturated heterocycles. The number of carbonyl (C=O) groups is 2. The summed E-state index contributed by atoms with van der Waals surface area (Å²) in [4.78, 5) is 24.9. The fourth-order valence-electron chi connectivity index (χ4n) is 2.23. The van der Waals surface area contributed by atoms with Gasteiger partial charge in [-0.15, -0.1) is 0 Å². The summed E-state index contributed by atoms with van der Waals surface area (Å²) in [5.74, 6) is -0.896. The summed E-state index contributed by atoms with van der Waals surface area (Å²) in [5.41, 5.74) is -0.0331. The van der Waals surface area contributed by atoms with Crippen LogP contribution in [-0.4, -0.2) is 54.2 Å². The second-order valence-electron chi connectivity index (χ2n) is 6.49. The molecular formula is C15H31N3O3. The van der Waals surface area contributed by atoms with Gasteiger partial charge in [-0.2, -0.15) is 0 Å². The molecule has 0 bridgehead atoms. The maximum absolute atomic E-state index is 11.8. The zero-order chi connectivity index (χ0) is 16.5. The van der Waals surface area contributed by atoms with E-state index in [0.29, 0.717) is 13.0 Å². The van der Waals surface area contributed by atoms with Gasteiger partial charge in [0.2, 0.25) is 0 Å². The fourth-order valence-corrected chi connectivity index (χ4v) is 2.23. The summed E-state index contributed by atoms with van der Waals surface area (Å²) < 4.78 is 0. The summed E-state index contributed by atoms with van der Waals surface area (Å²) in [6, 6.07) is -0.645. The Labute approximate surface area is 128 Å². The van der Waals surface area contributed by atoms with E-state index >= 15 is 0 Å². The Balaban J connectivity index is 4.24. The molecule has 124 valence electrons. The maximum Gasteiger partial charge on any atom is 0.315 e. The van der Waals surface area contributed by atoms with E-state index in [1.807, 2.05) is 20.8 Å². The van der Waals surface area contributed by atoms with Crippen LogP contribution >= 0.6 is 0 Å². The largest absolute Gasteiger partial charge is 0.481 e. The van der Waals surface area contributed by atoms with Gasteiger partial charge in [0.25, 0.3) is 0 Å². The average Bonchev–Trinajstić information content (AvgIpc) is 2.31. The number of aliphatic carboxylic acids is 1. The van der Waals surface area contributed by atoms with Gasteiger partial charge in [-0.1, -0.05) is 34.6 Å². The number of nitrogens with zero attached hydrogens (tertiary/aromatic N) is 1. The molecule has 0 heterocycles. The fraction of sp³-hybridized carbons (Fsp3) is 0.867. The highest BCUT2D eigenvalue weighted by atomic mass is 16.4. The van der Waals surface area contributed by atoms with E-state index in [0.717, 1.165) is 19.6 Å². The zero-order valence-electron chi connectivity index (χ0n) is 14.0. The maximum atomic E-state index is 11.8. The number of carbonyl (C=O) groups excluding carboxylic acids is 1. The lowest BCUT2D eigenvalue weighted by Crippen LogP contribution is -2.46. The quantitative estimate of drug-likeness (QED) is 0.607. The third-order valence-corrected chi connectivity index (χ3v) is 3.22. The SMILES string of the molecule is CCN(CC)CCNC(=O)NC(CC(=O)O)CC(C)(C)C. The van der Waals surface area contributed by atoms with Crippen LogP contribution in [0.3, 0.4) is 0 Å². The van der Waals surface area contributed by atoms with Crippen molar-refractivity contribution in [3.8, 4) is 0 Å². The normalized spacial score (nSPS) is 13.0. The number of likely N-dealkylation sites (N-methyl/N-ethyl adjacent to an activating group) is 1. The van der Waals surface area contributed by atoms with Crippen LogP contribution in [-0.2, 0) is 4.79 Å². The van der Waals surface area contributed by atoms with Crippen LogP contribution in [0.2, 0.25) is 0 Å². The van der Waals surface area contributed by atoms with Crippen LogP contribution in [0.25, 0.3) is 0 Å². The lowest BCUT2D eigenvalue weighted by molar-refractivity contribution is -0.137. The Kier molecular flexibility index (Phi) is 9.01. The van der Waals surface area contributed by atoms with Crippen LogP contribution in [0.4, 0.5) is 4.79 Å². The van der Waals surface area contributed by atoms with Crippen molar-refractivity contribution in [1.29, 1.82) is 0 Å². The van der Waals surface area contributed by atoms with Gasteiger partial charge in [0.15, 0.2) is 0 Å². The van der Waals surface area contributed by atoms with Gasteiger partial charge < -0.3 is 20.6 Å². The third kappa shape index (κ3) is 11.1. The van der Waals surface area contributed by atoms with Gasteiger partial charge in [0.1, 0.15) is 0 Å². The van der Waals surface area contributed by atoms with Crippen molar-refractivity contribution < 1.29 is 14.7 Å². The first kappa shape index (κ1) is 19.7. The Morgan fingerprint density at radius 3 is 2.19 bits per heavy atom. The Morgan fingerprint density at radius 2 is 1.76 bits per heavy atom. The molecule has 0 aliphatic heterocycles. The molecule has 6 nitrogen and oxygen atoms in total. The van der Waals surface area contributed by atoms with Gasteiger partial charge in [-0.05, 0) is 24.9 Å². The number of hydrogen-bond acceptors (Lipinski definition) is 3. The zero-order valence-corrected chi connectivity index (χ0v) is 14.0. The van der Waals surface area contributed by atoms with E-state index in [1.54, 1.807) is 0 Å². The highest BCUT2D eigenvalue weighted by molar-refractivity contribution is 5.75. The molecule has 0 saturated carbocycles. The highest BCUT2D eigenvalue weighted by Crippen LogP contribution is 2.22. The third-order valence-electron chi connectivity index (χ3n) is 3.22. The van der Waals surface area contributed by atoms with E-state index in [4.69, 9.17) is 5.11 Å². The first-order valence-electron chi connectivity index (χ1n) is 7.66. The minimum atomic E-state index is -0.896. The molecule has 0 fully saturated rings. The van der Waals surface area contributed by atoms with Crippen LogP contribution in [0.1, 0.15) is 47.5 Å². The van der Waals surface area contributed by atoms with E-state index in [-0.39, 0.29) is 23.9 Å². The molecule has 3 N–H and O–H groups in total. The molecule has 0 spiro atoms. The standard InChI is InChI=1S/C15H31N3O3/c1-6-18(7-2)9-8-16-14(21)17-12(10-13(19)20)11-15(3,4)5/h12H,6-11H2,1-5H3,(H,19,20)(H2,16,17,21). The molecule has 0 aromatic carbocycles. The van der Waals surface area contributed by atoms with Crippen LogP contribution in [0, 0.1) is 5.41 Å². The summed E-state index contributed by atoms with van der Waals surface area (Å²) in [6.07, 6.45) is 0.573. The monoisotopic (exact) mass is 301 g/mol. The van der Waals surface area contributed by atoms with Crippen molar-refractivity contribution in [1.82, 2.24) is 15.5 Å². The Bertz CT molecular complexity index is 323. The molecule has 0 radical (unpaired) electrons. The number of rotatable bonds is 9. The topological polar surface area (TPSA) is 81.7 Å². The van der Waals surface area contributed by atoms with Gasteiger partial charge in [-0.3, -0.25) is 4.79 Å². The van der Waals surface area contributed by atoms with Crippen molar-refractivity contribution in [3.05, 3.63) is 0 Å². The molecular weight excluding hydrogens is 270 g/mol. The average molecular weight is 301 g/mol. The van der Waals surface area contributed by atoms with Crippen LogP contribution in [0.15, 0.2) is 0 Å². The van der Waals surface area contributed by atoms with Crippen molar-refractivity contribution >= 4 is 12.0 Å². The number of amides is 2. The van der Waals surface area contributed by atoms with Crippen molar-refractivity contribution in [2.75, 3.05) is 26.2 Å². The van der Waals surface area contributed by atoms with Crippen LogP contribution < -0.4 is 10.6 Å². The van der Waals surface area contributed by atoms with E-state index in [9.17, 15) is 9.59 Å². The van der Waals surface area contributed by atoms with Crippen LogP contribution in [0.5, 0.6) is 0 Å². The first-order chi connectivity index (χ1) is 9.67. The summed E-state index contributed by atoms with van der Waals surface area (Å²) in [7, 11) is 0. The molecule has 0 rings (SSSR count). The molecule has 0 aromatic rings. The second-order valence-corrected chi connectivity index (χ2v) is 6.49. The first-order valence-corrected chi connectivity index (χ1v) is 7.66. The molecule has 21 heavy (non-hydrogen) atoms. The lowest BCUT2D eigenvalue weighted by Gasteiger charge is -2.26. The van der Waals surface area contributed by atoms with E-state index < -0.39 is 5.97 Å². The van der Waals surface area contributed by atoms with E-state index in [1.165, 1.54) is 0 Å². The Hall–Kier alpha value is -1.30. The molecule has 1 atom stereocenters. The molecule has 6 heteroatoms. The number of hydrogen-bond donors (Lipinski definition) is 3. The number of carboxylic acids is 1. The second kappa shape index (κ2) is 9.60. The predicted molar refractivity (Wildman–Crippen MR) is 84.4 cm³/mol.